The van der Waals surface area contributed by atoms with Crippen molar-refractivity contribution in [2.24, 2.45) is 5.92 Å². The van der Waals surface area contributed by atoms with Crippen LogP contribution in [-0.4, -0.2) is 17.7 Å². The fraction of sp³-hybridized carbons (Fsp3) is 0.364. The second-order valence-electron chi connectivity index (χ2n) is 7.03. The molecule has 4 rings (SSSR count). The standard InChI is InChI=1S/C22H22O3/c1-2-8-18(23)17-13-16(14-9-4-3-5-10-14)20-15-11-6-7-12-19(15)25-22(20)21(17)24/h3-7,9-12,16-17,20,22H,2,8,13H2,1H3. The highest BCUT2D eigenvalue weighted by molar-refractivity contribution is 6.06. The molecule has 0 radical (unpaired) electrons. The number of ketones is 2. The molecular weight excluding hydrogens is 312 g/mol. The van der Waals surface area contributed by atoms with E-state index in [-0.39, 0.29) is 23.4 Å². The maximum Gasteiger partial charge on any atom is 0.184 e. The highest BCUT2D eigenvalue weighted by Crippen LogP contribution is 2.52. The van der Waals surface area contributed by atoms with E-state index in [1.54, 1.807) is 0 Å². The number of para-hydroxylation sites is 1. The van der Waals surface area contributed by atoms with Crippen molar-refractivity contribution < 1.29 is 14.3 Å². The first-order valence-corrected chi connectivity index (χ1v) is 9.07. The van der Waals surface area contributed by atoms with Crippen LogP contribution in [0.5, 0.6) is 5.75 Å². The number of rotatable bonds is 4. The van der Waals surface area contributed by atoms with Crippen LogP contribution >= 0.6 is 0 Å². The minimum absolute atomic E-state index is 0.00298. The molecule has 0 amide bonds. The first-order chi connectivity index (χ1) is 12.2. The fourth-order valence-electron chi connectivity index (χ4n) is 4.37. The van der Waals surface area contributed by atoms with Gasteiger partial charge in [-0.15, -0.1) is 0 Å². The quantitative estimate of drug-likeness (QED) is 0.784. The summed E-state index contributed by atoms with van der Waals surface area (Å²) in [7, 11) is 0. The molecule has 3 heteroatoms. The van der Waals surface area contributed by atoms with E-state index in [4.69, 9.17) is 4.74 Å². The molecule has 0 spiro atoms. The van der Waals surface area contributed by atoms with E-state index in [1.807, 2.05) is 43.3 Å². The molecule has 128 valence electrons. The lowest BCUT2D eigenvalue weighted by Crippen LogP contribution is -2.45. The second kappa shape index (κ2) is 6.47. The van der Waals surface area contributed by atoms with E-state index in [0.717, 1.165) is 17.7 Å². The van der Waals surface area contributed by atoms with E-state index in [2.05, 4.69) is 18.2 Å². The van der Waals surface area contributed by atoms with E-state index in [0.29, 0.717) is 12.8 Å². The van der Waals surface area contributed by atoms with Crippen molar-refractivity contribution in [3.05, 3.63) is 65.7 Å². The van der Waals surface area contributed by atoms with Crippen molar-refractivity contribution in [3.8, 4) is 5.75 Å². The Morgan fingerprint density at radius 1 is 1.08 bits per heavy atom. The second-order valence-corrected chi connectivity index (χ2v) is 7.03. The number of fused-ring (bicyclic) bond motifs is 3. The van der Waals surface area contributed by atoms with Crippen LogP contribution in [0.25, 0.3) is 0 Å². The zero-order chi connectivity index (χ0) is 17.4. The molecule has 0 bridgehead atoms. The molecule has 2 aromatic carbocycles. The van der Waals surface area contributed by atoms with Crippen LogP contribution in [0.15, 0.2) is 54.6 Å². The maximum absolute atomic E-state index is 13.0. The molecule has 1 aliphatic carbocycles. The summed E-state index contributed by atoms with van der Waals surface area (Å²) in [6, 6.07) is 18.1. The van der Waals surface area contributed by atoms with Gasteiger partial charge in [-0.25, -0.2) is 0 Å². The molecule has 1 saturated carbocycles. The van der Waals surface area contributed by atoms with Crippen LogP contribution in [0.3, 0.4) is 0 Å². The number of carbonyl (C=O) groups is 2. The normalized spacial score (nSPS) is 27.3. The summed E-state index contributed by atoms with van der Waals surface area (Å²) >= 11 is 0. The van der Waals surface area contributed by atoms with Gasteiger partial charge >= 0.3 is 0 Å². The van der Waals surface area contributed by atoms with Gasteiger partial charge in [-0.1, -0.05) is 55.5 Å². The third-order valence-electron chi connectivity index (χ3n) is 5.52. The van der Waals surface area contributed by atoms with Gasteiger partial charge in [0.05, 0.1) is 5.92 Å². The van der Waals surface area contributed by atoms with Gasteiger partial charge in [0, 0.05) is 17.9 Å². The Morgan fingerprint density at radius 3 is 2.56 bits per heavy atom. The summed E-state index contributed by atoms with van der Waals surface area (Å²) in [5.74, 6) is 0.393. The molecule has 1 heterocycles. The Hall–Kier alpha value is -2.42. The summed E-state index contributed by atoms with van der Waals surface area (Å²) in [5, 5.41) is 0. The predicted octanol–water partition coefficient (Wildman–Crippen LogP) is 4.27. The number of Topliss-reactive ketones (excluding diaryl/α,β-unsaturated/α-hetero) is 2. The number of hydrogen-bond donors (Lipinski definition) is 0. The van der Waals surface area contributed by atoms with Gasteiger partial charge in [0.25, 0.3) is 0 Å². The van der Waals surface area contributed by atoms with Gasteiger partial charge in [-0.2, -0.15) is 0 Å². The third kappa shape index (κ3) is 2.68. The number of carbonyl (C=O) groups excluding carboxylic acids is 2. The topological polar surface area (TPSA) is 43.4 Å². The Labute approximate surface area is 148 Å². The van der Waals surface area contributed by atoms with Crippen molar-refractivity contribution >= 4 is 11.6 Å². The van der Waals surface area contributed by atoms with E-state index >= 15 is 0 Å². The molecule has 0 saturated heterocycles. The lowest BCUT2D eigenvalue weighted by atomic mass is 9.66. The molecule has 0 aromatic heterocycles. The van der Waals surface area contributed by atoms with Crippen LogP contribution in [0, 0.1) is 5.92 Å². The van der Waals surface area contributed by atoms with Crippen LogP contribution in [0.4, 0.5) is 0 Å². The summed E-state index contributed by atoms with van der Waals surface area (Å²) in [6.07, 6.45) is 1.28. The van der Waals surface area contributed by atoms with Crippen molar-refractivity contribution in [2.75, 3.05) is 0 Å². The number of ether oxygens (including phenoxy) is 1. The average Bonchev–Trinajstić information content (AvgIpc) is 3.03. The first-order valence-electron chi connectivity index (χ1n) is 9.07. The Morgan fingerprint density at radius 2 is 1.80 bits per heavy atom. The fourth-order valence-corrected chi connectivity index (χ4v) is 4.37. The molecule has 4 unspecified atom stereocenters. The van der Waals surface area contributed by atoms with Crippen molar-refractivity contribution in [2.45, 2.75) is 44.1 Å². The summed E-state index contributed by atoms with van der Waals surface area (Å²) in [6.45, 7) is 1.98. The van der Waals surface area contributed by atoms with Crippen LogP contribution < -0.4 is 4.74 Å². The Kier molecular flexibility index (Phi) is 4.16. The SMILES string of the molecule is CCCC(=O)C1CC(c2ccccc2)C2c3ccccc3OC2C1=O. The molecule has 2 aliphatic rings. The Balaban J connectivity index is 1.77. The number of benzene rings is 2. The maximum atomic E-state index is 13.0. The summed E-state index contributed by atoms with van der Waals surface area (Å²) in [5.41, 5.74) is 2.27. The molecule has 25 heavy (non-hydrogen) atoms. The molecule has 1 aliphatic heterocycles. The van der Waals surface area contributed by atoms with Gasteiger partial charge < -0.3 is 4.74 Å². The van der Waals surface area contributed by atoms with Gasteiger partial charge in [-0.05, 0) is 30.4 Å². The third-order valence-corrected chi connectivity index (χ3v) is 5.52. The lowest BCUT2D eigenvalue weighted by molar-refractivity contribution is -0.140. The summed E-state index contributed by atoms with van der Waals surface area (Å²) in [4.78, 5) is 25.6. The molecular formula is C22H22O3. The minimum Gasteiger partial charge on any atom is -0.482 e. The van der Waals surface area contributed by atoms with Gasteiger partial charge in [0.15, 0.2) is 11.9 Å². The van der Waals surface area contributed by atoms with Crippen molar-refractivity contribution in [1.82, 2.24) is 0 Å². The predicted molar refractivity (Wildman–Crippen MR) is 95.8 cm³/mol. The van der Waals surface area contributed by atoms with Crippen LogP contribution in [0.2, 0.25) is 0 Å². The minimum atomic E-state index is -0.541. The highest BCUT2D eigenvalue weighted by atomic mass is 16.5. The largest absolute Gasteiger partial charge is 0.482 e. The van der Waals surface area contributed by atoms with Gasteiger partial charge in [0.2, 0.25) is 0 Å². The molecule has 0 N–H and O–H groups in total. The van der Waals surface area contributed by atoms with E-state index in [9.17, 15) is 9.59 Å². The smallest absolute Gasteiger partial charge is 0.184 e. The van der Waals surface area contributed by atoms with Crippen LogP contribution in [-0.2, 0) is 9.59 Å². The highest BCUT2D eigenvalue weighted by Gasteiger charge is 2.52. The molecule has 4 atom stereocenters. The molecule has 3 nitrogen and oxygen atoms in total. The van der Waals surface area contributed by atoms with Gasteiger partial charge in [0.1, 0.15) is 11.5 Å². The van der Waals surface area contributed by atoms with Crippen molar-refractivity contribution in [1.29, 1.82) is 0 Å². The van der Waals surface area contributed by atoms with Crippen LogP contribution in [0.1, 0.15) is 49.1 Å². The van der Waals surface area contributed by atoms with E-state index < -0.39 is 12.0 Å². The van der Waals surface area contributed by atoms with Crippen molar-refractivity contribution in [3.63, 3.8) is 0 Å². The zero-order valence-corrected chi connectivity index (χ0v) is 14.4. The summed E-state index contributed by atoms with van der Waals surface area (Å²) < 4.78 is 6.03. The molecule has 1 fully saturated rings. The average molecular weight is 334 g/mol. The number of hydrogen-bond acceptors (Lipinski definition) is 3. The lowest BCUT2D eigenvalue weighted by Gasteiger charge is -2.36. The monoisotopic (exact) mass is 334 g/mol. The zero-order valence-electron chi connectivity index (χ0n) is 14.4. The first kappa shape index (κ1) is 16.1. The molecule has 2 aromatic rings. The van der Waals surface area contributed by atoms with Gasteiger partial charge in [-0.3, -0.25) is 9.59 Å². The van der Waals surface area contributed by atoms with E-state index in [1.165, 1.54) is 5.56 Å². The Bertz CT molecular complexity index is 796.